The van der Waals surface area contributed by atoms with Crippen LogP contribution in [0.15, 0.2) is 60.7 Å². The zero-order chi connectivity index (χ0) is 19.1. The minimum atomic E-state index is -0.0212. The van der Waals surface area contributed by atoms with Gasteiger partial charge in [-0.25, -0.2) is 4.79 Å². The number of anilines is 2. The maximum absolute atomic E-state index is 12.5. The lowest BCUT2D eigenvalue weighted by Gasteiger charge is -2.34. The first-order valence-electron chi connectivity index (χ1n) is 9.39. The van der Waals surface area contributed by atoms with Crippen molar-refractivity contribution in [3.8, 4) is 0 Å². The Labute approximate surface area is 161 Å². The quantitative estimate of drug-likeness (QED) is 0.881. The zero-order valence-electron chi connectivity index (χ0n) is 16.1. The van der Waals surface area contributed by atoms with Gasteiger partial charge in [-0.05, 0) is 29.8 Å². The number of amides is 2. The highest BCUT2D eigenvalue weighted by molar-refractivity contribution is 5.89. The average molecular weight is 364 g/mol. The number of rotatable bonds is 5. The molecule has 0 aromatic heterocycles. The number of nitrogens with one attached hydrogen (secondary N) is 1. The van der Waals surface area contributed by atoms with E-state index in [9.17, 15) is 4.79 Å². The van der Waals surface area contributed by atoms with Crippen LogP contribution in [0.4, 0.5) is 16.2 Å². The fourth-order valence-corrected chi connectivity index (χ4v) is 3.08. The molecule has 2 aromatic carbocycles. The van der Waals surface area contributed by atoms with Crippen LogP contribution in [0, 0.1) is 0 Å². The molecule has 27 heavy (non-hydrogen) atoms. The van der Waals surface area contributed by atoms with E-state index in [1.807, 2.05) is 66.4 Å². The van der Waals surface area contributed by atoms with E-state index in [-0.39, 0.29) is 6.03 Å². The number of carbonyl (C=O) groups excluding carboxylic acids is 1. The van der Waals surface area contributed by atoms with Gasteiger partial charge in [-0.1, -0.05) is 42.5 Å². The third-order valence-electron chi connectivity index (χ3n) is 4.77. The molecule has 1 aliphatic rings. The Morgan fingerprint density at radius 2 is 1.67 bits per heavy atom. The van der Waals surface area contributed by atoms with E-state index < -0.39 is 0 Å². The number of hydrogen-bond acceptors (Lipinski definition) is 3. The van der Waals surface area contributed by atoms with Crippen molar-refractivity contribution in [2.24, 2.45) is 0 Å². The van der Waals surface area contributed by atoms with Crippen LogP contribution in [0.3, 0.4) is 0 Å². The molecule has 0 saturated carbocycles. The van der Waals surface area contributed by atoms with E-state index in [0.29, 0.717) is 0 Å². The summed E-state index contributed by atoms with van der Waals surface area (Å²) in [5, 5.41) is 2.99. The second-order valence-electron chi connectivity index (χ2n) is 6.97. The van der Waals surface area contributed by atoms with Crippen LogP contribution in [0.25, 0.3) is 6.08 Å². The van der Waals surface area contributed by atoms with Crippen molar-refractivity contribution in [1.29, 1.82) is 0 Å². The molecule has 142 valence electrons. The monoisotopic (exact) mass is 364 g/mol. The lowest BCUT2D eigenvalue weighted by atomic mass is 10.2. The zero-order valence-corrected chi connectivity index (χ0v) is 16.1. The maximum Gasteiger partial charge on any atom is 0.321 e. The standard InChI is InChI=1S/C22H28N4O/c1-24(2)21-12-10-20(11-13-21)23-22(27)26-17-15-25(16-18-26)14-6-9-19-7-4-3-5-8-19/h3-13H,14-18H2,1-2H3,(H,23,27)/b9-6+. The van der Waals surface area contributed by atoms with E-state index in [2.05, 4.69) is 34.5 Å². The second-order valence-corrected chi connectivity index (χ2v) is 6.97. The lowest BCUT2D eigenvalue weighted by molar-refractivity contribution is 0.156. The highest BCUT2D eigenvalue weighted by Crippen LogP contribution is 2.16. The summed E-state index contributed by atoms with van der Waals surface area (Å²) in [6.45, 7) is 4.20. The Kier molecular flexibility index (Phi) is 6.49. The van der Waals surface area contributed by atoms with E-state index in [1.54, 1.807) is 0 Å². The van der Waals surface area contributed by atoms with Crippen LogP contribution in [0.2, 0.25) is 0 Å². The average Bonchev–Trinajstić information content (AvgIpc) is 2.70. The first kappa shape index (κ1) is 19.0. The SMILES string of the molecule is CN(C)c1ccc(NC(=O)N2CCN(C/C=C/c3ccccc3)CC2)cc1. The summed E-state index contributed by atoms with van der Waals surface area (Å²) >= 11 is 0. The Bertz CT molecular complexity index is 748. The maximum atomic E-state index is 12.5. The predicted molar refractivity (Wildman–Crippen MR) is 113 cm³/mol. The Morgan fingerprint density at radius 1 is 1.00 bits per heavy atom. The van der Waals surface area contributed by atoms with Crippen molar-refractivity contribution in [3.05, 3.63) is 66.2 Å². The Balaban J connectivity index is 1.43. The van der Waals surface area contributed by atoms with Crippen LogP contribution in [0.5, 0.6) is 0 Å². The summed E-state index contributed by atoms with van der Waals surface area (Å²) in [5.41, 5.74) is 3.17. The van der Waals surface area contributed by atoms with Gasteiger partial charge >= 0.3 is 6.03 Å². The number of nitrogens with zero attached hydrogens (tertiary/aromatic N) is 3. The summed E-state index contributed by atoms with van der Waals surface area (Å²) in [4.78, 5) is 18.8. The number of urea groups is 1. The molecule has 0 radical (unpaired) electrons. The summed E-state index contributed by atoms with van der Waals surface area (Å²) < 4.78 is 0. The van der Waals surface area contributed by atoms with E-state index in [1.165, 1.54) is 5.56 Å². The van der Waals surface area contributed by atoms with Crippen LogP contribution in [-0.2, 0) is 0 Å². The van der Waals surface area contributed by atoms with Gasteiger partial charge < -0.3 is 15.1 Å². The van der Waals surface area contributed by atoms with Gasteiger partial charge in [-0.3, -0.25) is 4.90 Å². The molecule has 5 heteroatoms. The molecular weight excluding hydrogens is 336 g/mol. The van der Waals surface area contributed by atoms with Crippen LogP contribution in [-0.4, -0.2) is 62.7 Å². The first-order chi connectivity index (χ1) is 13.1. The minimum absolute atomic E-state index is 0.0212. The fourth-order valence-electron chi connectivity index (χ4n) is 3.08. The van der Waals surface area contributed by atoms with Crippen molar-refractivity contribution >= 4 is 23.5 Å². The van der Waals surface area contributed by atoms with Crippen molar-refractivity contribution in [2.45, 2.75) is 0 Å². The highest BCUT2D eigenvalue weighted by Gasteiger charge is 2.20. The molecule has 1 N–H and O–H groups in total. The van der Waals surface area contributed by atoms with Gasteiger partial charge in [-0.2, -0.15) is 0 Å². The first-order valence-corrected chi connectivity index (χ1v) is 9.39. The lowest BCUT2D eigenvalue weighted by Crippen LogP contribution is -2.49. The molecule has 0 bridgehead atoms. The van der Waals surface area contributed by atoms with Gasteiger partial charge in [0.2, 0.25) is 0 Å². The van der Waals surface area contributed by atoms with Gasteiger partial charge in [0.1, 0.15) is 0 Å². The molecule has 3 rings (SSSR count). The normalized spacial score (nSPS) is 15.1. The molecular formula is C22H28N4O. The number of carbonyl (C=O) groups is 1. The number of benzene rings is 2. The Morgan fingerprint density at radius 3 is 2.30 bits per heavy atom. The highest BCUT2D eigenvalue weighted by atomic mass is 16.2. The van der Waals surface area contributed by atoms with Gasteiger partial charge in [0.05, 0.1) is 0 Å². The molecule has 1 heterocycles. The van der Waals surface area contributed by atoms with Gasteiger partial charge in [0.25, 0.3) is 0 Å². The molecule has 0 aliphatic carbocycles. The number of piperazine rings is 1. The molecule has 5 nitrogen and oxygen atoms in total. The van der Waals surface area contributed by atoms with Crippen molar-refractivity contribution < 1.29 is 4.79 Å². The van der Waals surface area contributed by atoms with Gasteiger partial charge in [-0.15, -0.1) is 0 Å². The molecule has 0 atom stereocenters. The molecule has 2 amide bonds. The van der Waals surface area contributed by atoms with Crippen LogP contribution < -0.4 is 10.2 Å². The minimum Gasteiger partial charge on any atom is -0.378 e. The molecule has 1 aliphatic heterocycles. The van der Waals surface area contributed by atoms with Crippen molar-refractivity contribution in [3.63, 3.8) is 0 Å². The summed E-state index contributed by atoms with van der Waals surface area (Å²) in [5.74, 6) is 0. The van der Waals surface area contributed by atoms with Crippen molar-refractivity contribution in [2.75, 3.05) is 57.0 Å². The van der Waals surface area contributed by atoms with E-state index in [4.69, 9.17) is 0 Å². The van der Waals surface area contributed by atoms with Crippen LogP contribution in [0.1, 0.15) is 5.56 Å². The molecule has 0 spiro atoms. The molecule has 2 aromatic rings. The number of hydrogen-bond donors (Lipinski definition) is 1. The van der Waals surface area contributed by atoms with Crippen LogP contribution >= 0.6 is 0 Å². The smallest absolute Gasteiger partial charge is 0.321 e. The summed E-state index contributed by atoms with van der Waals surface area (Å²) in [6, 6.07) is 18.2. The summed E-state index contributed by atoms with van der Waals surface area (Å²) in [6.07, 6.45) is 4.34. The van der Waals surface area contributed by atoms with E-state index in [0.717, 1.165) is 44.1 Å². The van der Waals surface area contributed by atoms with Gasteiger partial charge in [0, 0.05) is 58.2 Å². The largest absolute Gasteiger partial charge is 0.378 e. The van der Waals surface area contributed by atoms with E-state index >= 15 is 0 Å². The predicted octanol–water partition coefficient (Wildman–Crippen LogP) is 3.62. The van der Waals surface area contributed by atoms with Gasteiger partial charge in [0.15, 0.2) is 0 Å². The topological polar surface area (TPSA) is 38.8 Å². The third kappa shape index (κ3) is 5.59. The molecule has 1 saturated heterocycles. The molecule has 0 unspecified atom stereocenters. The fraction of sp³-hybridized carbons (Fsp3) is 0.318. The summed E-state index contributed by atoms with van der Waals surface area (Å²) in [7, 11) is 4.00. The third-order valence-corrected chi connectivity index (χ3v) is 4.77. The molecule has 1 fully saturated rings. The Hall–Kier alpha value is -2.79. The second kappa shape index (κ2) is 9.24. The van der Waals surface area contributed by atoms with Crippen molar-refractivity contribution in [1.82, 2.24) is 9.80 Å².